The van der Waals surface area contributed by atoms with Gasteiger partial charge in [0, 0.05) is 10.9 Å². The summed E-state index contributed by atoms with van der Waals surface area (Å²) in [4.78, 5) is 0. The van der Waals surface area contributed by atoms with Gasteiger partial charge in [-0.2, -0.15) is 0 Å². The first-order valence-corrected chi connectivity index (χ1v) is 6.73. The number of para-hydroxylation sites is 1. The van der Waals surface area contributed by atoms with Gasteiger partial charge in [0.25, 0.3) is 0 Å². The molecule has 2 rings (SSSR count). The van der Waals surface area contributed by atoms with Crippen LogP contribution in [-0.2, 0) is 6.42 Å². The van der Waals surface area contributed by atoms with Crippen LogP contribution in [0.5, 0.6) is 5.75 Å². The zero-order valence-corrected chi connectivity index (χ0v) is 11.8. The second-order valence-corrected chi connectivity index (χ2v) is 5.18. The molecule has 1 atom stereocenters. The summed E-state index contributed by atoms with van der Waals surface area (Å²) in [5.41, 5.74) is 0.732. The van der Waals surface area contributed by atoms with E-state index in [4.69, 9.17) is 4.74 Å². The van der Waals surface area contributed by atoms with Gasteiger partial charge in [-0.25, -0.2) is 4.39 Å². The number of halogens is 2. The Kier molecular flexibility index (Phi) is 4.93. The van der Waals surface area contributed by atoms with Gasteiger partial charge in [-0.15, -0.1) is 0 Å². The van der Waals surface area contributed by atoms with E-state index in [-0.39, 0.29) is 12.4 Å². The molecular weight excluding hydrogens is 311 g/mol. The molecule has 0 aliphatic carbocycles. The number of ether oxygens (including phenoxy) is 1. The smallest absolute Gasteiger partial charge is 0.124 e. The van der Waals surface area contributed by atoms with Crippen molar-refractivity contribution in [1.82, 2.24) is 0 Å². The quantitative estimate of drug-likeness (QED) is 0.911. The fraction of sp³-hybridized carbons (Fsp3) is 0.200. The maximum absolute atomic E-state index is 13.2. The molecular formula is C15H14BrFO2. The Balaban J connectivity index is 1.89. The van der Waals surface area contributed by atoms with Crippen LogP contribution in [-0.4, -0.2) is 17.8 Å². The maximum Gasteiger partial charge on any atom is 0.124 e. The first kappa shape index (κ1) is 14.0. The second kappa shape index (κ2) is 6.68. The molecule has 0 radical (unpaired) electrons. The molecule has 0 fully saturated rings. The lowest BCUT2D eigenvalue weighted by molar-refractivity contribution is 0.107. The highest BCUT2D eigenvalue weighted by Crippen LogP contribution is 2.16. The Morgan fingerprint density at radius 1 is 1.16 bits per heavy atom. The van der Waals surface area contributed by atoms with Crippen molar-refractivity contribution in [3.05, 3.63) is 64.4 Å². The lowest BCUT2D eigenvalue weighted by Gasteiger charge is -2.12. The second-order valence-electron chi connectivity index (χ2n) is 4.26. The van der Waals surface area contributed by atoms with Crippen LogP contribution in [0.4, 0.5) is 4.39 Å². The standard InChI is InChI=1S/C15H14BrFO2/c16-12-6-11(7-13(17)9-12)8-14(18)10-19-15-4-2-1-3-5-15/h1-7,9,14,18H,8,10H2. The predicted molar refractivity (Wildman–Crippen MR) is 75.7 cm³/mol. The summed E-state index contributed by atoms with van der Waals surface area (Å²) in [5.74, 6) is 0.391. The monoisotopic (exact) mass is 324 g/mol. The fourth-order valence-electron chi connectivity index (χ4n) is 1.77. The van der Waals surface area contributed by atoms with Crippen LogP contribution < -0.4 is 4.74 Å². The fourth-order valence-corrected chi connectivity index (χ4v) is 2.28. The van der Waals surface area contributed by atoms with Gasteiger partial charge >= 0.3 is 0 Å². The lowest BCUT2D eigenvalue weighted by Crippen LogP contribution is -2.20. The molecule has 2 nitrogen and oxygen atoms in total. The van der Waals surface area contributed by atoms with E-state index in [0.29, 0.717) is 16.6 Å². The first-order valence-electron chi connectivity index (χ1n) is 5.94. The van der Waals surface area contributed by atoms with Crippen molar-refractivity contribution in [1.29, 1.82) is 0 Å². The number of aliphatic hydroxyl groups excluding tert-OH is 1. The zero-order chi connectivity index (χ0) is 13.7. The molecule has 0 saturated heterocycles. The van der Waals surface area contributed by atoms with Crippen molar-refractivity contribution in [2.24, 2.45) is 0 Å². The topological polar surface area (TPSA) is 29.5 Å². The third kappa shape index (κ3) is 4.65. The summed E-state index contributed by atoms with van der Waals surface area (Å²) in [5, 5.41) is 9.88. The molecule has 1 unspecified atom stereocenters. The van der Waals surface area contributed by atoms with Gasteiger partial charge in [-0.05, 0) is 35.9 Å². The number of hydrogen-bond donors (Lipinski definition) is 1. The molecule has 0 heterocycles. The molecule has 2 aromatic rings. The highest BCUT2D eigenvalue weighted by molar-refractivity contribution is 9.10. The van der Waals surface area contributed by atoms with Gasteiger partial charge in [-0.1, -0.05) is 34.1 Å². The maximum atomic E-state index is 13.2. The van der Waals surface area contributed by atoms with E-state index in [1.54, 1.807) is 6.07 Å². The Morgan fingerprint density at radius 2 is 1.89 bits per heavy atom. The highest BCUT2D eigenvalue weighted by Gasteiger charge is 2.08. The summed E-state index contributed by atoms with van der Waals surface area (Å²) in [7, 11) is 0. The molecule has 2 aromatic carbocycles. The lowest BCUT2D eigenvalue weighted by atomic mass is 10.1. The normalized spacial score (nSPS) is 12.2. The number of hydrogen-bond acceptors (Lipinski definition) is 2. The van der Waals surface area contributed by atoms with Crippen molar-refractivity contribution >= 4 is 15.9 Å². The van der Waals surface area contributed by atoms with Gasteiger partial charge in [0.15, 0.2) is 0 Å². The summed E-state index contributed by atoms with van der Waals surface area (Å²) >= 11 is 3.23. The van der Waals surface area contributed by atoms with E-state index < -0.39 is 6.10 Å². The van der Waals surface area contributed by atoms with E-state index in [9.17, 15) is 9.50 Å². The Morgan fingerprint density at radius 3 is 2.58 bits per heavy atom. The molecule has 4 heteroatoms. The van der Waals surface area contributed by atoms with Crippen LogP contribution >= 0.6 is 15.9 Å². The molecule has 19 heavy (non-hydrogen) atoms. The molecule has 0 aliphatic rings. The highest BCUT2D eigenvalue weighted by atomic mass is 79.9. The van der Waals surface area contributed by atoms with Crippen LogP contribution in [0.2, 0.25) is 0 Å². The molecule has 0 bridgehead atoms. The molecule has 100 valence electrons. The van der Waals surface area contributed by atoms with Gasteiger partial charge < -0.3 is 9.84 Å². The van der Waals surface area contributed by atoms with Crippen LogP contribution in [0.25, 0.3) is 0 Å². The molecule has 1 N–H and O–H groups in total. The van der Waals surface area contributed by atoms with Gasteiger partial charge in [0.1, 0.15) is 18.2 Å². The molecule has 0 spiro atoms. The first-order chi connectivity index (χ1) is 9.13. The molecule has 0 aliphatic heterocycles. The number of benzene rings is 2. The van der Waals surface area contributed by atoms with Crippen molar-refractivity contribution < 1.29 is 14.2 Å². The minimum absolute atomic E-state index is 0.179. The zero-order valence-electron chi connectivity index (χ0n) is 10.2. The molecule has 0 aromatic heterocycles. The summed E-state index contributed by atoms with van der Waals surface area (Å²) < 4.78 is 19.3. The molecule has 0 saturated carbocycles. The van der Waals surface area contributed by atoms with Gasteiger partial charge in [0.05, 0.1) is 6.10 Å². The molecule has 0 amide bonds. The average molecular weight is 325 g/mol. The van der Waals surface area contributed by atoms with Crippen LogP contribution in [0.1, 0.15) is 5.56 Å². The van der Waals surface area contributed by atoms with E-state index >= 15 is 0 Å². The van der Waals surface area contributed by atoms with E-state index in [0.717, 1.165) is 5.56 Å². The Labute approximate surface area is 120 Å². The third-order valence-corrected chi connectivity index (χ3v) is 3.04. The average Bonchev–Trinajstić information content (AvgIpc) is 2.36. The Bertz CT molecular complexity index is 511. The van der Waals surface area contributed by atoms with Crippen LogP contribution in [0.3, 0.4) is 0 Å². The largest absolute Gasteiger partial charge is 0.491 e. The third-order valence-electron chi connectivity index (χ3n) is 2.58. The van der Waals surface area contributed by atoms with Gasteiger partial charge in [-0.3, -0.25) is 0 Å². The predicted octanol–water partition coefficient (Wildman–Crippen LogP) is 3.57. The van der Waals surface area contributed by atoms with E-state index in [1.165, 1.54) is 12.1 Å². The number of aliphatic hydroxyl groups is 1. The summed E-state index contributed by atoms with van der Waals surface area (Å²) in [6.45, 7) is 0.179. The van der Waals surface area contributed by atoms with E-state index in [2.05, 4.69) is 15.9 Å². The van der Waals surface area contributed by atoms with Crippen LogP contribution in [0, 0.1) is 5.82 Å². The summed E-state index contributed by atoms with van der Waals surface area (Å²) in [6.07, 6.45) is -0.322. The Hall–Kier alpha value is -1.39. The van der Waals surface area contributed by atoms with Crippen molar-refractivity contribution in [3.63, 3.8) is 0 Å². The minimum atomic E-state index is -0.672. The number of rotatable bonds is 5. The SMILES string of the molecule is OC(COc1ccccc1)Cc1cc(F)cc(Br)c1. The van der Waals surface area contributed by atoms with E-state index in [1.807, 2.05) is 30.3 Å². The van der Waals surface area contributed by atoms with Crippen LogP contribution in [0.15, 0.2) is 53.0 Å². The van der Waals surface area contributed by atoms with Crippen molar-refractivity contribution in [2.75, 3.05) is 6.61 Å². The summed E-state index contributed by atoms with van der Waals surface area (Å²) in [6, 6.07) is 13.9. The van der Waals surface area contributed by atoms with Gasteiger partial charge in [0.2, 0.25) is 0 Å². The van der Waals surface area contributed by atoms with Crippen molar-refractivity contribution in [2.45, 2.75) is 12.5 Å². The minimum Gasteiger partial charge on any atom is -0.491 e. The van der Waals surface area contributed by atoms with Crippen molar-refractivity contribution in [3.8, 4) is 5.75 Å².